The Morgan fingerprint density at radius 1 is 1.27 bits per heavy atom. The van der Waals surface area contributed by atoms with Gasteiger partial charge in [-0.2, -0.15) is 0 Å². The van der Waals surface area contributed by atoms with Gasteiger partial charge in [-0.05, 0) is 30.5 Å². The monoisotopic (exact) mass is 342 g/mol. The van der Waals surface area contributed by atoms with Crippen molar-refractivity contribution in [2.75, 3.05) is 19.7 Å². The van der Waals surface area contributed by atoms with Crippen LogP contribution in [0.25, 0.3) is 0 Å². The largest absolute Gasteiger partial charge is 0.370 e. The van der Waals surface area contributed by atoms with Crippen LogP contribution >= 0.6 is 23.2 Å². The maximum absolute atomic E-state index is 12.7. The first-order chi connectivity index (χ1) is 10.5. The normalized spacial score (nSPS) is 24.5. The van der Waals surface area contributed by atoms with Crippen molar-refractivity contribution in [1.29, 1.82) is 0 Å². The van der Waals surface area contributed by atoms with Gasteiger partial charge in [0.05, 0.1) is 28.7 Å². The average molecular weight is 343 g/mol. The van der Waals surface area contributed by atoms with Gasteiger partial charge in [0.25, 0.3) is 0 Å². The number of hydrogen-bond acceptors (Lipinski definition) is 3. The van der Waals surface area contributed by atoms with Crippen molar-refractivity contribution in [3.63, 3.8) is 0 Å². The zero-order valence-electron chi connectivity index (χ0n) is 12.4. The van der Waals surface area contributed by atoms with Crippen molar-refractivity contribution in [3.8, 4) is 0 Å². The topological polar surface area (TPSA) is 55.6 Å². The van der Waals surface area contributed by atoms with E-state index in [1.165, 1.54) is 0 Å². The third kappa shape index (κ3) is 3.11. The Morgan fingerprint density at radius 3 is 2.68 bits per heavy atom. The molecule has 1 aromatic rings. The molecular weight excluding hydrogens is 323 g/mol. The second-order valence-corrected chi connectivity index (χ2v) is 6.96. The Hall–Kier alpha value is -0.810. The van der Waals surface area contributed by atoms with Crippen LogP contribution in [-0.2, 0) is 9.53 Å². The fraction of sp³-hybridized carbons (Fsp3) is 0.562. The maximum atomic E-state index is 12.7. The molecule has 22 heavy (non-hydrogen) atoms. The highest BCUT2D eigenvalue weighted by Gasteiger charge is 2.41. The zero-order valence-corrected chi connectivity index (χ0v) is 13.9. The molecule has 4 nitrogen and oxygen atoms in total. The van der Waals surface area contributed by atoms with Crippen molar-refractivity contribution in [2.24, 2.45) is 5.73 Å². The van der Waals surface area contributed by atoms with Crippen molar-refractivity contribution in [1.82, 2.24) is 4.90 Å². The SMILES string of the molecule is NC1(C(=O)N2CCOC(c3ccc(Cl)c(Cl)c3)C2)CCCC1. The highest BCUT2D eigenvalue weighted by Crippen LogP contribution is 2.32. The van der Waals surface area contributed by atoms with E-state index in [-0.39, 0.29) is 12.0 Å². The van der Waals surface area contributed by atoms with Gasteiger partial charge in [-0.15, -0.1) is 0 Å². The van der Waals surface area contributed by atoms with E-state index >= 15 is 0 Å². The lowest BCUT2D eigenvalue weighted by Crippen LogP contribution is -2.56. The summed E-state index contributed by atoms with van der Waals surface area (Å²) in [5.41, 5.74) is 6.54. The Balaban J connectivity index is 1.73. The van der Waals surface area contributed by atoms with E-state index in [1.807, 2.05) is 11.0 Å². The molecular formula is C16H20Cl2N2O2. The molecule has 6 heteroatoms. The maximum Gasteiger partial charge on any atom is 0.242 e. The van der Waals surface area contributed by atoms with Gasteiger partial charge in [0, 0.05) is 6.54 Å². The lowest BCUT2D eigenvalue weighted by atomic mass is 9.96. The first-order valence-corrected chi connectivity index (χ1v) is 8.40. The van der Waals surface area contributed by atoms with Crippen molar-refractivity contribution >= 4 is 29.1 Å². The van der Waals surface area contributed by atoms with Crippen molar-refractivity contribution in [3.05, 3.63) is 33.8 Å². The first-order valence-electron chi connectivity index (χ1n) is 7.64. The van der Waals surface area contributed by atoms with Crippen molar-refractivity contribution < 1.29 is 9.53 Å². The van der Waals surface area contributed by atoms with Gasteiger partial charge in [-0.1, -0.05) is 42.1 Å². The summed E-state index contributed by atoms with van der Waals surface area (Å²) in [6, 6.07) is 5.45. The summed E-state index contributed by atoms with van der Waals surface area (Å²) in [6.07, 6.45) is 3.44. The van der Waals surface area contributed by atoms with E-state index in [4.69, 9.17) is 33.7 Å². The van der Waals surface area contributed by atoms with E-state index in [1.54, 1.807) is 12.1 Å². The number of halogens is 2. The molecule has 0 aromatic heterocycles. The lowest BCUT2D eigenvalue weighted by molar-refractivity contribution is -0.144. The number of nitrogens with two attached hydrogens (primary N) is 1. The van der Waals surface area contributed by atoms with E-state index in [2.05, 4.69) is 0 Å². The summed E-state index contributed by atoms with van der Waals surface area (Å²) in [4.78, 5) is 14.6. The molecule has 0 bridgehead atoms. The Morgan fingerprint density at radius 2 is 2.00 bits per heavy atom. The number of rotatable bonds is 2. The molecule has 2 aliphatic rings. The number of carbonyl (C=O) groups is 1. The standard InChI is InChI=1S/C16H20Cl2N2O2/c17-12-4-3-11(9-13(12)18)14-10-20(7-8-22-14)15(21)16(19)5-1-2-6-16/h3-4,9,14H,1-2,5-8,10,19H2. The summed E-state index contributed by atoms with van der Waals surface area (Å²) < 4.78 is 5.80. The second-order valence-electron chi connectivity index (χ2n) is 6.15. The highest BCUT2D eigenvalue weighted by atomic mass is 35.5. The van der Waals surface area contributed by atoms with Gasteiger partial charge in [0.2, 0.25) is 5.91 Å². The van der Waals surface area contributed by atoms with Crippen LogP contribution in [0.1, 0.15) is 37.4 Å². The van der Waals surface area contributed by atoms with E-state index in [0.717, 1.165) is 31.2 Å². The van der Waals surface area contributed by atoms with Crippen LogP contribution in [0.4, 0.5) is 0 Å². The van der Waals surface area contributed by atoms with Crippen LogP contribution in [0.5, 0.6) is 0 Å². The van der Waals surface area contributed by atoms with Crippen LogP contribution in [-0.4, -0.2) is 36.0 Å². The number of benzene rings is 1. The van der Waals surface area contributed by atoms with Gasteiger partial charge in [-0.3, -0.25) is 4.79 Å². The Labute approximate surface area is 140 Å². The predicted molar refractivity (Wildman–Crippen MR) is 87.1 cm³/mol. The molecule has 2 fully saturated rings. The molecule has 1 aromatic carbocycles. The molecule has 2 N–H and O–H groups in total. The van der Waals surface area contributed by atoms with E-state index in [9.17, 15) is 4.79 Å². The fourth-order valence-electron chi connectivity index (χ4n) is 3.28. The van der Waals surface area contributed by atoms with Gasteiger partial charge < -0.3 is 15.4 Å². The molecule has 1 atom stereocenters. The molecule has 120 valence electrons. The Bertz CT molecular complexity index is 573. The van der Waals surface area contributed by atoms with Gasteiger partial charge in [0.1, 0.15) is 6.10 Å². The molecule has 1 saturated heterocycles. The highest BCUT2D eigenvalue weighted by molar-refractivity contribution is 6.42. The minimum absolute atomic E-state index is 0.0540. The molecule has 3 rings (SSSR count). The third-order valence-corrected chi connectivity index (χ3v) is 5.33. The Kier molecular flexibility index (Phi) is 4.64. The van der Waals surface area contributed by atoms with Crippen LogP contribution < -0.4 is 5.73 Å². The molecule has 1 amide bonds. The van der Waals surface area contributed by atoms with Crippen LogP contribution in [0.3, 0.4) is 0 Å². The third-order valence-electron chi connectivity index (χ3n) is 4.59. The van der Waals surface area contributed by atoms with Crippen LogP contribution in [0.15, 0.2) is 18.2 Å². The molecule has 0 spiro atoms. The quantitative estimate of drug-likeness (QED) is 0.897. The minimum Gasteiger partial charge on any atom is -0.370 e. The molecule has 0 radical (unpaired) electrons. The smallest absolute Gasteiger partial charge is 0.242 e. The summed E-state index contributed by atoms with van der Waals surface area (Å²) in [5, 5.41) is 1.01. The molecule has 1 unspecified atom stereocenters. The van der Waals surface area contributed by atoms with Crippen molar-refractivity contribution in [2.45, 2.75) is 37.3 Å². The number of amides is 1. The number of nitrogens with zero attached hydrogens (tertiary/aromatic N) is 1. The molecule has 1 aliphatic heterocycles. The molecule has 1 aliphatic carbocycles. The minimum atomic E-state index is -0.681. The number of carbonyl (C=O) groups excluding carboxylic acids is 1. The molecule has 1 saturated carbocycles. The van der Waals surface area contributed by atoms with E-state index in [0.29, 0.717) is 29.7 Å². The zero-order chi connectivity index (χ0) is 15.7. The van der Waals surface area contributed by atoms with E-state index < -0.39 is 5.54 Å². The summed E-state index contributed by atoms with van der Waals surface area (Å²) >= 11 is 12.0. The van der Waals surface area contributed by atoms with Gasteiger partial charge in [0.15, 0.2) is 0 Å². The summed E-state index contributed by atoms with van der Waals surface area (Å²) in [5.74, 6) is 0.0540. The number of ether oxygens (including phenoxy) is 1. The fourth-order valence-corrected chi connectivity index (χ4v) is 3.59. The van der Waals surface area contributed by atoms with Gasteiger partial charge in [-0.25, -0.2) is 0 Å². The summed E-state index contributed by atoms with van der Waals surface area (Å²) in [7, 11) is 0. The second kappa shape index (κ2) is 6.36. The van der Waals surface area contributed by atoms with Crippen LogP contribution in [0.2, 0.25) is 10.0 Å². The molecule has 1 heterocycles. The van der Waals surface area contributed by atoms with Gasteiger partial charge >= 0.3 is 0 Å². The average Bonchev–Trinajstić information content (AvgIpc) is 2.97. The number of hydrogen-bond donors (Lipinski definition) is 1. The predicted octanol–water partition coefficient (Wildman–Crippen LogP) is 3.16. The number of morpholine rings is 1. The first kappa shape index (κ1) is 16.1. The summed E-state index contributed by atoms with van der Waals surface area (Å²) in [6.45, 7) is 1.61. The van der Waals surface area contributed by atoms with Crippen LogP contribution in [0, 0.1) is 0 Å². The lowest BCUT2D eigenvalue weighted by Gasteiger charge is -2.37.